The van der Waals surface area contributed by atoms with Crippen molar-refractivity contribution in [1.29, 1.82) is 0 Å². The van der Waals surface area contributed by atoms with E-state index in [1.54, 1.807) is 26.5 Å². The molecule has 1 aliphatic rings. The van der Waals surface area contributed by atoms with Gasteiger partial charge in [-0.25, -0.2) is 14.8 Å². The summed E-state index contributed by atoms with van der Waals surface area (Å²) >= 11 is 0. The van der Waals surface area contributed by atoms with Crippen molar-refractivity contribution in [2.75, 3.05) is 32.6 Å². The number of nitrogens with zero attached hydrogens (tertiary/aromatic N) is 3. The molecule has 0 aliphatic carbocycles. The number of fused-ring (bicyclic) bond motifs is 1. The van der Waals surface area contributed by atoms with Crippen LogP contribution in [0.1, 0.15) is 22.5 Å². The van der Waals surface area contributed by atoms with Crippen molar-refractivity contribution in [3.63, 3.8) is 0 Å². The molecule has 2 heterocycles. The molecule has 2 amide bonds. The van der Waals surface area contributed by atoms with Crippen LogP contribution in [0.5, 0.6) is 11.5 Å². The zero-order valence-corrected chi connectivity index (χ0v) is 17.8. The standard InChI is InChI=1S/C24H26N4O3/c1-30-20-15-18-9-12-28(13-10-19(18)16-21(20)31-2)24(29)27-22-8-11-25-23(26-22)14-17-6-4-3-5-7-17/h3-8,11,15-16H,9-10,12-14H2,1-2H3,(H,25,26,27,29). The SMILES string of the molecule is COc1cc2c(cc1OC)CCN(C(=O)Nc1ccnc(Cc3ccccc3)n1)CC2. The van der Waals surface area contributed by atoms with Gasteiger partial charge in [-0.3, -0.25) is 5.32 Å². The first-order valence-electron chi connectivity index (χ1n) is 10.3. The van der Waals surface area contributed by atoms with Gasteiger partial charge in [0, 0.05) is 25.7 Å². The normalized spacial score (nSPS) is 13.2. The summed E-state index contributed by atoms with van der Waals surface area (Å²) in [5.41, 5.74) is 3.49. The number of aromatic nitrogens is 2. The maximum absolute atomic E-state index is 12.9. The highest BCUT2D eigenvalue weighted by Gasteiger charge is 2.21. The van der Waals surface area contributed by atoms with Crippen LogP contribution >= 0.6 is 0 Å². The summed E-state index contributed by atoms with van der Waals surface area (Å²) in [6.07, 6.45) is 3.81. The summed E-state index contributed by atoms with van der Waals surface area (Å²) in [4.78, 5) is 23.5. The van der Waals surface area contributed by atoms with Crippen LogP contribution in [-0.4, -0.2) is 48.2 Å². The van der Waals surface area contributed by atoms with Gasteiger partial charge < -0.3 is 14.4 Å². The van der Waals surface area contributed by atoms with E-state index >= 15 is 0 Å². The van der Waals surface area contributed by atoms with E-state index in [2.05, 4.69) is 15.3 Å². The van der Waals surface area contributed by atoms with Gasteiger partial charge in [0.2, 0.25) is 0 Å². The second kappa shape index (κ2) is 9.47. The summed E-state index contributed by atoms with van der Waals surface area (Å²) in [5, 5.41) is 2.92. The number of urea groups is 1. The van der Waals surface area contributed by atoms with E-state index in [9.17, 15) is 4.79 Å². The molecule has 31 heavy (non-hydrogen) atoms. The molecule has 0 saturated carbocycles. The third-order valence-electron chi connectivity index (χ3n) is 5.44. The van der Waals surface area contributed by atoms with Gasteiger partial charge in [0.1, 0.15) is 11.6 Å². The molecule has 3 aromatic rings. The lowest BCUT2D eigenvalue weighted by atomic mass is 10.0. The number of anilines is 1. The second-order valence-electron chi connectivity index (χ2n) is 7.41. The molecule has 1 aromatic heterocycles. The van der Waals surface area contributed by atoms with E-state index in [-0.39, 0.29) is 6.03 Å². The van der Waals surface area contributed by atoms with Crippen molar-refractivity contribution in [1.82, 2.24) is 14.9 Å². The number of hydrogen-bond acceptors (Lipinski definition) is 5. The predicted molar refractivity (Wildman–Crippen MR) is 119 cm³/mol. The van der Waals surface area contributed by atoms with Crippen molar-refractivity contribution >= 4 is 11.8 Å². The van der Waals surface area contributed by atoms with Gasteiger partial charge in [0.15, 0.2) is 11.5 Å². The van der Waals surface area contributed by atoms with Crippen molar-refractivity contribution in [2.24, 2.45) is 0 Å². The van der Waals surface area contributed by atoms with Crippen LogP contribution in [0.3, 0.4) is 0 Å². The Morgan fingerprint density at radius 2 is 1.65 bits per heavy atom. The van der Waals surface area contributed by atoms with Crippen LogP contribution in [0.15, 0.2) is 54.7 Å². The van der Waals surface area contributed by atoms with Gasteiger partial charge in [-0.1, -0.05) is 30.3 Å². The monoisotopic (exact) mass is 418 g/mol. The molecule has 0 radical (unpaired) electrons. The molecule has 1 aliphatic heterocycles. The third kappa shape index (κ3) is 4.94. The van der Waals surface area contributed by atoms with E-state index in [1.807, 2.05) is 47.4 Å². The Bertz CT molecular complexity index is 1020. The summed E-state index contributed by atoms with van der Waals surface area (Å²) in [6, 6.07) is 15.6. The summed E-state index contributed by atoms with van der Waals surface area (Å²) in [5.74, 6) is 2.61. The molecule has 7 nitrogen and oxygen atoms in total. The zero-order valence-electron chi connectivity index (χ0n) is 17.8. The van der Waals surface area contributed by atoms with Crippen LogP contribution in [0.25, 0.3) is 0 Å². The predicted octanol–water partition coefficient (Wildman–Crippen LogP) is 3.72. The van der Waals surface area contributed by atoms with Crippen molar-refractivity contribution < 1.29 is 14.3 Å². The third-order valence-corrected chi connectivity index (χ3v) is 5.44. The minimum absolute atomic E-state index is 0.156. The number of nitrogens with one attached hydrogen (secondary N) is 1. The Morgan fingerprint density at radius 1 is 1.00 bits per heavy atom. The van der Waals surface area contributed by atoms with Gasteiger partial charge in [-0.05, 0) is 47.7 Å². The highest BCUT2D eigenvalue weighted by atomic mass is 16.5. The fraction of sp³-hybridized carbons (Fsp3) is 0.292. The summed E-state index contributed by atoms with van der Waals surface area (Å²) < 4.78 is 10.8. The minimum Gasteiger partial charge on any atom is -0.493 e. The highest BCUT2D eigenvalue weighted by molar-refractivity contribution is 5.88. The van der Waals surface area contributed by atoms with Gasteiger partial charge in [-0.15, -0.1) is 0 Å². The number of carbonyl (C=O) groups is 1. The Balaban J connectivity index is 1.42. The van der Waals surface area contributed by atoms with E-state index in [1.165, 1.54) is 11.1 Å². The number of ether oxygens (including phenoxy) is 2. The second-order valence-corrected chi connectivity index (χ2v) is 7.41. The molecule has 0 bridgehead atoms. The average Bonchev–Trinajstić information content (AvgIpc) is 3.01. The molecule has 160 valence electrons. The largest absolute Gasteiger partial charge is 0.493 e. The lowest BCUT2D eigenvalue weighted by Crippen LogP contribution is -2.37. The number of carbonyl (C=O) groups excluding carboxylic acids is 1. The molecule has 4 rings (SSSR count). The van der Waals surface area contributed by atoms with Crippen molar-refractivity contribution in [3.05, 3.63) is 77.2 Å². The Labute approximate surface area is 182 Å². The lowest BCUT2D eigenvalue weighted by molar-refractivity contribution is 0.214. The maximum Gasteiger partial charge on any atom is 0.323 e. The van der Waals surface area contributed by atoms with Crippen LogP contribution in [-0.2, 0) is 19.3 Å². The van der Waals surface area contributed by atoms with E-state index < -0.39 is 0 Å². The molecule has 0 unspecified atom stereocenters. The topological polar surface area (TPSA) is 76.6 Å². The first kappa shape index (κ1) is 20.7. The van der Waals surface area contributed by atoms with E-state index in [0.717, 1.165) is 18.4 Å². The van der Waals surface area contributed by atoms with Gasteiger partial charge in [-0.2, -0.15) is 0 Å². The lowest BCUT2D eigenvalue weighted by Gasteiger charge is -2.20. The number of rotatable bonds is 5. The van der Waals surface area contributed by atoms with Crippen LogP contribution in [0, 0.1) is 0 Å². The van der Waals surface area contributed by atoms with Gasteiger partial charge in [0.25, 0.3) is 0 Å². The fourth-order valence-corrected chi connectivity index (χ4v) is 3.78. The molecule has 0 saturated heterocycles. The highest BCUT2D eigenvalue weighted by Crippen LogP contribution is 2.32. The smallest absolute Gasteiger partial charge is 0.323 e. The Kier molecular flexibility index (Phi) is 6.31. The summed E-state index contributed by atoms with van der Waals surface area (Å²) in [7, 11) is 3.27. The number of hydrogen-bond donors (Lipinski definition) is 1. The first-order chi connectivity index (χ1) is 15.2. The number of amides is 2. The minimum atomic E-state index is -0.156. The molecule has 0 spiro atoms. The Morgan fingerprint density at radius 3 is 2.26 bits per heavy atom. The molecule has 0 atom stereocenters. The van der Waals surface area contributed by atoms with Gasteiger partial charge in [0.05, 0.1) is 14.2 Å². The summed E-state index contributed by atoms with van der Waals surface area (Å²) in [6.45, 7) is 1.24. The molecule has 7 heteroatoms. The average molecular weight is 418 g/mol. The van der Waals surface area contributed by atoms with Crippen LogP contribution in [0.2, 0.25) is 0 Å². The zero-order chi connectivity index (χ0) is 21.6. The van der Waals surface area contributed by atoms with Crippen molar-refractivity contribution in [3.8, 4) is 11.5 Å². The first-order valence-corrected chi connectivity index (χ1v) is 10.3. The molecular weight excluding hydrogens is 392 g/mol. The molecule has 1 N–H and O–H groups in total. The van der Waals surface area contributed by atoms with E-state index in [4.69, 9.17) is 9.47 Å². The molecule has 0 fully saturated rings. The maximum atomic E-state index is 12.9. The van der Waals surface area contributed by atoms with Crippen LogP contribution < -0.4 is 14.8 Å². The van der Waals surface area contributed by atoms with Crippen LogP contribution in [0.4, 0.5) is 10.6 Å². The van der Waals surface area contributed by atoms with Gasteiger partial charge >= 0.3 is 6.03 Å². The quantitative estimate of drug-likeness (QED) is 0.683. The fourth-order valence-electron chi connectivity index (χ4n) is 3.78. The molecule has 2 aromatic carbocycles. The number of methoxy groups -OCH3 is 2. The molecular formula is C24H26N4O3. The van der Waals surface area contributed by atoms with E-state index in [0.29, 0.717) is 42.7 Å². The Hall–Kier alpha value is -3.61. The number of benzene rings is 2. The van der Waals surface area contributed by atoms with Crippen molar-refractivity contribution in [2.45, 2.75) is 19.3 Å².